The number of aliphatic carboxylic acids is 1. The standard InChI is InChI=1S/C14H21BrN2O3/c1-16(2)6-7-17(10-14(18)19)9-11-8-12(20-3)4-5-13(11)15/h4-5,8H,6-7,9-10H2,1-3H3,(H,18,19). The summed E-state index contributed by atoms with van der Waals surface area (Å²) < 4.78 is 6.16. The van der Waals surface area contributed by atoms with E-state index in [9.17, 15) is 4.79 Å². The number of methoxy groups -OCH3 is 1. The van der Waals surface area contributed by atoms with Crippen molar-refractivity contribution in [3.8, 4) is 5.75 Å². The Morgan fingerprint density at radius 1 is 1.35 bits per heavy atom. The quantitative estimate of drug-likeness (QED) is 0.780. The average Bonchev–Trinajstić information content (AvgIpc) is 2.37. The normalized spacial score (nSPS) is 11.1. The Morgan fingerprint density at radius 3 is 2.60 bits per heavy atom. The van der Waals surface area contributed by atoms with Gasteiger partial charge in [0.05, 0.1) is 13.7 Å². The Labute approximate surface area is 128 Å². The largest absolute Gasteiger partial charge is 0.497 e. The monoisotopic (exact) mass is 344 g/mol. The van der Waals surface area contributed by atoms with E-state index in [-0.39, 0.29) is 6.54 Å². The molecule has 112 valence electrons. The second-order valence-electron chi connectivity index (χ2n) is 4.87. The van der Waals surface area contributed by atoms with Crippen LogP contribution in [0.3, 0.4) is 0 Å². The summed E-state index contributed by atoms with van der Waals surface area (Å²) >= 11 is 3.49. The molecule has 0 aliphatic rings. The molecule has 0 saturated heterocycles. The molecule has 5 nitrogen and oxygen atoms in total. The fourth-order valence-electron chi connectivity index (χ4n) is 1.79. The Balaban J connectivity index is 2.79. The molecule has 20 heavy (non-hydrogen) atoms. The first-order valence-electron chi connectivity index (χ1n) is 6.33. The van der Waals surface area contributed by atoms with Crippen molar-refractivity contribution in [2.45, 2.75) is 6.54 Å². The van der Waals surface area contributed by atoms with Crippen LogP contribution in [0.5, 0.6) is 5.75 Å². The lowest BCUT2D eigenvalue weighted by Crippen LogP contribution is -2.35. The highest BCUT2D eigenvalue weighted by molar-refractivity contribution is 9.10. The molecule has 6 heteroatoms. The van der Waals surface area contributed by atoms with Gasteiger partial charge < -0.3 is 14.7 Å². The van der Waals surface area contributed by atoms with Crippen molar-refractivity contribution in [1.82, 2.24) is 9.80 Å². The predicted molar refractivity (Wildman–Crippen MR) is 82.2 cm³/mol. The SMILES string of the molecule is COc1ccc(Br)c(CN(CCN(C)C)CC(=O)O)c1. The minimum atomic E-state index is -0.817. The lowest BCUT2D eigenvalue weighted by atomic mass is 10.2. The highest BCUT2D eigenvalue weighted by Crippen LogP contribution is 2.23. The number of hydrogen-bond acceptors (Lipinski definition) is 4. The molecule has 0 saturated carbocycles. The van der Waals surface area contributed by atoms with Crippen LogP contribution < -0.4 is 4.74 Å². The maximum Gasteiger partial charge on any atom is 0.317 e. The summed E-state index contributed by atoms with van der Waals surface area (Å²) in [4.78, 5) is 14.9. The summed E-state index contributed by atoms with van der Waals surface area (Å²) in [5.41, 5.74) is 1.02. The smallest absolute Gasteiger partial charge is 0.317 e. The van der Waals surface area contributed by atoms with Crippen LogP contribution in [-0.4, -0.2) is 61.7 Å². The first-order chi connectivity index (χ1) is 9.42. The molecular formula is C14H21BrN2O3. The second-order valence-corrected chi connectivity index (χ2v) is 5.72. The van der Waals surface area contributed by atoms with Gasteiger partial charge in [0.25, 0.3) is 0 Å². The third-order valence-electron chi connectivity index (χ3n) is 2.87. The van der Waals surface area contributed by atoms with E-state index < -0.39 is 5.97 Å². The third kappa shape index (κ3) is 5.90. The van der Waals surface area contributed by atoms with E-state index in [0.717, 1.165) is 22.3 Å². The van der Waals surface area contributed by atoms with Crippen molar-refractivity contribution in [3.63, 3.8) is 0 Å². The molecule has 0 heterocycles. The first-order valence-corrected chi connectivity index (χ1v) is 7.13. The van der Waals surface area contributed by atoms with E-state index in [1.54, 1.807) is 7.11 Å². The summed E-state index contributed by atoms with van der Waals surface area (Å²) in [6.07, 6.45) is 0. The van der Waals surface area contributed by atoms with Crippen LogP contribution in [0.1, 0.15) is 5.56 Å². The molecule has 0 spiro atoms. The van der Waals surface area contributed by atoms with Crippen LogP contribution in [0, 0.1) is 0 Å². The summed E-state index contributed by atoms with van der Waals surface area (Å²) in [6, 6.07) is 5.71. The maximum absolute atomic E-state index is 11.0. The highest BCUT2D eigenvalue weighted by atomic mass is 79.9. The number of nitrogens with zero attached hydrogens (tertiary/aromatic N) is 2. The fourth-order valence-corrected chi connectivity index (χ4v) is 2.16. The number of carbonyl (C=O) groups is 1. The number of hydrogen-bond donors (Lipinski definition) is 1. The van der Waals surface area contributed by atoms with Crippen molar-refractivity contribution >= 4 is 21.9 Å². The minimum Gasteiger partial charge on any atom is -0.497 e. The molecular weight excluding hydrogens is 324 g/mol. The average molecular weight is 345 g/mol. The fraction of sp³-hybridized carbons (Fsp3) is 0.500. The van der Waals surface area contributed by atoms with Crippen LogP contribution in [0.25, 0.3) is 0 Å². The molecule has 1 N–H and O–H groups in total. The molecule has 0 fully saturated rings. The zero-order chi connectivity index (χ0) is 15.1. The number of rotatable bonds is 8. The van der Waals surface area contributed by atoms with Crippen LogP contribution >= 0.6 is 15.9 Å². The van der Waals surface area contributed by atoms with Gasteiger partial charge in [0, 0.05) is 24.1 Å². The Kier molecular flexibility index (Phi) is 6.98. The first kappa shape index (κ1) is 16.9. The molecule has 0 radical (unpaired) electrons. The number of likely N-dealkylation sites (N-methyl/N-ethyl adjacent to an activating group) is 1. The third-order valence-corrected chi connectivity index (χ3v) is 3.64. The molecule has 0 amide bonds. The summed E-state index contributed by atoms with van der Waals surface area (Å²) in [5, 5.41) is 9.01. The second kappa shape index (κ2) is 8.24. The molecule has 0 atom stereocenters. The Morgan fingerprint density at radius 2 is 2.05 bits per heavy atom. The topological polar surface area (TPSA) is 53.0 Å². The Bertz CT molecular complexity index is 452. The lowest BCUT2D eigenvalue weighted by molar-refractivity contribution is -0.138. The van der Waals surface area contributed by atoms with Gasteiger partial charge in [-0.2, -0.15) is 0 Å². The van der Waals surface area contributed by atoms with Gasteiger partial charge in [-0.3, -0.25) is 9.69 Å². The molecule has 0 aliphatic heterocycles. The van der Waals surface area contributed by atoms with E-state index >= 15 is 0 Å². The van der Waals surface area contributed by atoms with Gasteiger partial charge >= 0.3 is 5.97 Å². The number of carboxylic acid groups (broad SMARTS) is 1. The van der Waals surface area contributed by atoms with Crippen molar-refractivity contribution in [3.05, 3.63) is 28.2 Å². The van der Waals surface area contributed by atoms with Gasteiger partial charge in [-0.1, -0.05) is 15.9 Å². The molecule has 1 rings (SSSR count). The highest BCUT2D eigenvalue weighted by Gasteiger charge is 2.13. The van der Waals surface area contributed by atoms with E-state index in [4.69, 9.17) is 9.84 Å². The van der Waals surface area contributed by atoms with E-state index in [1.807, 2.05) is 42.1 Å². The van der Waals surface area contributed by atoms with Gasteiger partial charge in [0.15, 0.2) is 0 Å². The van der Waals surface area contributed by atoms with Crippen LogP contribution in [-0.2, 0) is 11.3 Å². The van der Waals surface area contributed by atoms with Crippen LogP contribution in [0.2, 0.25) is 0 Å². The van der Waals surface area contributed by atoms with Gasteiger partial charge in [0.2, 0.25) is 0 Å². The number of halogens is 1. The summed E-state index contributed by atoms with van der Waals surface area (Å²) in [5.74, 6) is -0.0474. The molecule has 0 unspecified atom stereocenters. The van der Waals surface area contributed by atoms with Gasteiger partial charge in [-0.05, 0) is 37.9 Å². The molecule has 0 bridgehead atoms. The number of ether oxygens (including phenoxy) is 1. The zero-order valence-electron chi connectivity index (χ0n) is 12.1. The van der Waals surface area contributed by atoms with Crippen molar-refractivity contribution in [1.29, 1.82) is 0 Å². The number of carboxylic acids is 1. The summed E-state index contributed by atoms with van der Waals surface area (Å²) in [7, 11) is 5.56. The summed E-state index contributed by atoms with van der Waals surface area (Å²) in [6.45, 7) is 2.10. The van der Waals surface area contributed by atoms with Gasteiger partial charge in [-0.25, -0.2) is 0 Å². The van der Waals surface area contributed by atoms with E-state index in [2.05, 4.69) is 15.9 Å². The van der Waals surface area contributed by atoms with E-state index in [0.29, 0.717) is 13.1 Å². The van der Waals surface area contributed by atoms with Crippen LogP contribution in [0.4, 0.5) is 0 Å². The maximum atomic E-state index is 11.0. The Hall–Kier alpha value is -1.11. The van der Waals surface area contributed by atoms with Gasteiger partial charge in [-0.15, -0.1) is 0 Å². The van der Waals surface area contributed by atoms with Crippen LogP contribution in [0.15, 0.2) is 22.7 Å². The molecule has 0 aliphatic carbocycles. The molecule has 1 aromatic rings. The number of benzene rings is 1. The zero-order valence-corrected chi connectivity index (χ0v) is 13.7. The van der Waals surface area contributed by atoms with E-state index in [1.165, 1.54) is 0 Å². The van der Waals surface area contributed by atoms with Crippen molar-refractivity contribution < 1.29 is 14.6 Å². The minimum absolute atomic E-state index is 0.0253. The molecule has 0 aromatic heterocycles. The lowest BCUT2D eigenvalue weighted by Gasteiger charge is -2.23. The molecule has 1 aromatic carbocycles. The predicted octanol–water partition coefficient (Wildman–Crippen LogP) is 1.91. The van der Waals surface area contributed by atoms with Crippen molar-refractivity contribution in [2.75, 3.05) is 40.8 Å². The van der Waals surface area contributed by atoms with Gasteiger partial charge in [0.1, 0.15) is 5.75 Å². The van der Waals surface area contributed by atoms with Crippen molar-refractivity contribution in [2.24, 2.45) is 0 Å².